The van der Waals surface area contributed by atoms with Gasteiger partial charge in [0, 0.05) is 22.1 Å². The number of sulfonamides is 1. The molecule has 0 saturated heterocycles. The van der Waals surface area contributed by atoms with E-state index in [0.717, 1.165) is 28.6 Å². The third-order valence-electron chi connectivity index (χ3n) is 5.75. The summed E-state index contributed by atoms with van der Waals surface area (Å²) in [6.07, 6.45) is 0. The Labute approximate surface area is 238 Å². The molecular formula is C28H30Cl2FN3O4S. The van der Waals surface area contributed by atoms with E-state index in [1.807, 2.05) is 20.8 Å². The number of para-hydroxylation sites is 1. The summed E-state index contributed by atoms with van der Waals surface area (Å²) in [6.45, 7) is 6.30. The van der Waals surface area contributed by atoms with Crippen molar-refractivity contribution in [3.05, 3.63) is 94.2 Å². The quantitative estimate of drug-likeness (QED) is 0.347. The molecule has 0 spiro atoms. The number of halogens is 3. The number of anilines is 1. The number of rotatable bonds is 9. The molecule has 0 bridgehead atoms. The van der Waals surface area contributed by atoms with E-state index >= 15 is 0 Å². The van der Waals surface area contributed by atoms with Crippen LogP contribution in [0.15, 0.2) is 77.7 Å². The first-order valence-electron chi connectivity index (χ1n) is 12.1. The Morgan fingerprint density at radius 3 is 2.15 bits per heavy atom. The van der Waals surface area contributed by atoms with Crippen LogP contribution in [0.25, 0.3) is 0 Å². The number of amides is 2. The summed E-state index contributed by atoms with van der Waals surface area (Å²) in [5.41, 5.74) is 0.184. The van der Waals surface area contributed by atoms with Gasteiger partial charge < -0.3 is 10.2 Å². The number of hydrogen-bond donors (Lipinski definition) is 1. The second-order valence-electron chi connectivity index (χ2n) is 9.97. The van der Waals surface area contributed by atoms with Crippen LogP contribution in [0, 0.1) is 5.82 Å². The van der Waals surface area contributed by atoms with Crippen LogP contribution in [0.2, 0.25) is 10.0 Å². The van der Waals surface area contributed by atoms with E-state index in [4.69, 9.17) is 23.2 Å². The molecule has 39 heavy (non-hydrogen) atoms. The fourth-order valence-electron chi connectivity index (χ4n) is 3.75. The van der Waals surface area contributed by atoms with Crippen LogP contribution in [-0.4, -0.2) is 43.3 Å². The molecule has 0 aliphatic heterocycles. The molecule has 3 rings (SSSR count). The molecule has 0 saturated carbocycles. The average Bonchev–Trinajstić information content (AvgIpc) is 2.86. The second-order valence-corrected chi connectivity index (χ2v) is 12.7. The fraction of sp³-hybridized carbons (Fsp3) is 0.286. The zero-order valence-corrected chi connectivity index (χ0v) is 24.3. The largest absolute Gasteiger partial charge is 0.350 e. The van der Waals surface area contributed by atoms with E-state index in [-0.39, 0.29) is 17.1 Å². The van der Waals surface area contributed by atoms with Gasteiger partial charge >= 0.3 is 0 Å². The van der Waals surface area contributed by atoms with Gasteiger partial charge in [0.1, 0.15) is 18.4 Å². The highest BCUT2D eigenvalue weighted by Gasteiger charge is 2.33. The molecule has 2 amide bonds. The summed E-state index contributed by atoms with van der Waals surface area (Å²) in [5.74, 6) is -1.67. The smallest absolute Gasteiger partial charge is 0.264 e. The summed E-state index contributed by atoms with van der Waals surface area (Å²) in [4.78, 5) is 28.1. The second kappa shape index (κ2) is 12.4. The van der Waals surface area contributed by atoms with Crippen molar-refractivity contribution in [2.75, 3.05) is 10.8 Å². The van der Waals surface area contributed by atoms with Crippen molar-refractivity contribution in [3.63, 3.8) is 0 Å². The predicted molar refractivity (Wildman–Crippen MR) is 152 cm³/mol. The van der Waals surface area contributed by atoms with E-state index in [1.165, 1.54) is 11.0 Å². The minimum atomic E-state index is -4.29. The van der Waals surface area contributed by atoms with Crippen molar-refractivity contribution in [3.8, 4) is 0 Å². The standard InChI is InChI=1S/C28H30Cl2FN3O4S/c1-19(27(36)32-28(2,3)4)33(17-20-10-11-21(29)16-25(20)30)26(35)18-34(23-8-6-5-7-9-23)39(37,38)24-14-12-22(31)13-15-24/h5-16,19H,17-18H2,1-4H3,(H,32,36). The van der Waals surface area contributed by atoms with Gasteiger partial charge in [0.05, 0.1) is 10.6 Å². The third-order valence-corrected chi connectivity index (χ3v) is 8.12. The van der Waals surface area contributed by atoms with Gasteiger partial charge in [0.2, 0.25) is 11.8 Å². The number of hydrogen-bond acceptors (Lipinski definition) is 4. The number of nitrogens with zero attached hydrogens (tertiary/aromatic N) is 2. The lowest BCUT2D eigenvalue weighted by molar-refractivity contribution is -0.140. The number of carbonyl (C=O) groups is 2. The number of carbonyl (C=O) groups excluding carboxylic acids is 2. The van der Waals surface area contributed by atoms with Gasteiger partial charge in [0.15, 0.2) is 0 Å². The number of nitrogens with one attached hydrogen (secondary N) is 1. The zero-order chi connectivity index (χ0) is 29.0. The highest BCUT2D eigenvalue weighted by atomic mass is 35.5. The van der Waals surface area contributed by atoms with Gasteiger partial charge in [-0.25, -0.2) is 12.8 Å². The van der Waals surface area contributed by atoms with Crippen LogP contribution in [0.1, 0.15) is 33.3 Å². The van der Waals surface area contributed by atoms with E-state index in [0.29, 0.717) is 15.6 Å². The summed E-state index contributed by atoms with van der Waals surface area (Å²) >= 11 is 12.4. The highest BCUT2D eigenvalue weighted by molar-refractivity contribution is 7.92. The first-order valence-corrected chi connectivity index (χ1v) is 14.3. The molecule has 7 nitrogen and oxygen atoms in total. The summed E-state index contributed by atoms with van der Waals surface area (Å²) in [6, 6.07) is 16.2. The molecular weight excluding hydrogens is 564 g/mol. The molecule has 11 heteroatoms. The Morgan fingerprint density at radius 2 is 1.59 bits per heavy atom. The van der Waals surface area contributed by atoms with Crippen molar-refractivity contribution in [1.29, 1.82) is 0 Å². The molecule has 0 aromatic heterocycles. The average molecular weight is 595 g/mol. The minimum Gasteiger partial charge on any atom is -0.350 e. The van der Waals surface area contributed by atoms with Crippen LogP contribution < -0.4 is 9.62 Å². The first kappa shape index (κ1) is 30.4. The lowest BCUT2D eigenvalue weighted by atomic mass is 10.1. The molecule has 0 heterocycles. The van der Waals surface area contributed by atoms with E-state index in [2.05, 4.69) is 5.32 Å². The number of benzene rings is 3. The Balaban J connectivity index is 2.03. The van der Waals surface area contributed by atoms with Gasteiger partial charge in [-0.1, -0.05) is 47.5 Å². The van der Waals surface area contributed by atoms with E-state index in [1.54, 1.807) is 49.4 Å². The van der Waals surface area contributed by atoms with Crippen LogP contribution in [-0.2, 0) is 26.2 Å². The molecule has 0 aliphatic carbocycles. The lowest BCUT2D eigenvalue weighted by Crippen LogP contribution is -2.54. The lowest BCUT2D eigenvalue weighted by Gasteiger charge is -2.33. The zero-order valence-electron chi connectivity index (χ0n) is 22.0. The third kappa shape index (κ3) is 7.94. The predicted octanol–water partition coefficient (Wildman–Crippen LogP) is 5.66. The van der Waals surface area contributed by atoms with Crippen molar-refractivity contribution in [2.24, 2.45) is 0 Å². The monoisotopic (exact) mass is 593 g/mol. The van der Waals surface area contributed by atoms with E-state index in [9.17, 15) is 22.4 Å². The Bertz CT molecular complexity index is 1430. The van der Waals surface area contributed by atoms with Gasteiger partial charge in [-0.2, -0.15) is 0 Å². The summed E-state index contributed by atoms with van der Waals surface area (Å²) < 4.78 is 41.8. The molecule has 1 unspecified atom stereocenters. The van der Waals surface area contributed by atoms with Crippen LogP contribution in [0.3, 0.4) is 0 Å². The molecule has 0 aliphatic rings. The van der Waals surface area contributed by atoms with Crippen molar-refractivity contribution in [1.82, 2.24) is 10.2 Å². The maximum Gasteiger partial charge on any atom is 0.264 e. The first-order chi connectivity index (χ1) is 18.2. The summed E-state index contributed by atoms with van der Waals surface area (Å²) in [5, 5.41) is 3.55. The van der Waals surface area contributed by atoms with Gasteiger partial charge in [-0.05, 0) is 81.8 Å². The Morgan fingerprint density at radius 1 is 0.974 bits per heavy atom. The van der Waals surface area contributed by atoms with Crippen LogP contribution in [0.5, 0.6) is 0 Å². The Hall–Kier alpha value is -3.14. The molecule has 1 N–H and O–H groups in total. The minimum absolute atomic E-state index is 0.0766. The maximum absolute atomic E-state index is 13.9. The van der Waals surface area contributed by atoms with Crippen molar-refractivity contribution >= 4 is 50.7 Å². The molecule has 3 aromatic carbocycles. The van der Waals surface area contributed by atoms with Gasteiger partial charge in [-0.15, -0.1) is 0 Å². The van der Waals surface area contributed by atoms with Crippen molar-refractivity contribution in [2.45, 2.75) is 50.7 Å². The maximum atomic E-state index is 13.9. The van der Waals surface area contributed by atoms with E-state index < -0.39 is 45.8 Å². The molecule has 0 fully saturated rings. The topological polar surface area (TPSA) is 86.8 Å². The normalized spacial score (nSPS) is 12.5. The Kier molecular flexibility index (Phi) is 9.64. The highest BCUT2D eigenvalue weighted by Crippen LogP contribution is 2.26. The van der Waals surface area contributed by atoms with Crippen LogP contribution in [0.4, 0.5) is 10.1 Å². The fourth-order valence-corrected chi connectivity index (χ4v) is 5.63. The van der Waals surface area contributed by atoms with Crippen molar-refractivity contribution < 1.29 is 22.4 Å². The summed E-state index contributed by atoms with van der Waals surface area (Å²) in [7, 11) is -4.29. The molecule has 1 atom stereocenters. The molecule has 208 valence electrons. The molecule has 0 radical (unpaired) electrons. The SMILES string of the molecule is CC(C(=O)NC(C)(C)C)N(Cc1ccc(Cl)cc1Cl)C(=O)CN(c1ccccc1)S(=O)(=O)c1ccc(F)cc1. The molecule has 3 aromatic rings. The van der Waals surface area contributed by atoms with Gasteiger partial charge in [0.25, 0.3) is 10.0 Å². The van der Waals surface area contributed by atoms with Gasteiger partial charge in [-0.3, -0.25) is 13.9 Å². The van der Waals surface area contributed by atoms with Crippen LogP contribution >= 0.6 is 23.2 Å².